The Bertz CT molecular complexity index is 992. The van der Waals surface area contributed by atoms with E-state index < -0.39 is 9.84 Å². The third-order valence-corrected chi connectivity index (χ3v) is 7.88. The van der Waals surface area contributed by atoms with Gasteiger partial charge in [-0.1, -0.05) is 28.1 Å². The summed E-state index contributed by atoms with van der Waals surface area (Å²) in [4.78, 5) is 16.7. The zero-order valence-electron chi connectivity index (χ0n) is 16.1. The van der Waals surface area contributed by atoms with Crippen LogP contribution < -0.4 is 9.64 Å². The van der Waals surface area contributed by atoms with Gasteiger partial charge >= 0.3 is 0 Å². The van der Waals surface area contributed by atoms with Crippen LogP contribution >= 0.6 is 15.9 Å². The zero-order valence-corrected chi connectivity index (χ0v) is 18.5. The third-order valence-electron chi connectivity index (χ3n) is 5.65. The second kappa shape index (κ2) is 8.08. The van der Waals surface area contributed by atoms with Crippen molar-refractivity contribution in [3.8, 4) is 5.75 Å². The summed E-state index contributed by atoms with van der Waals surface area (Å²) in [5.74, 6) is 0.855. The number of halogens is 1. The number of carbonyl (C=O) groups is 1. The van der Waals surface area contributed by atoms with Crippen LogP contribution in [0, 0.1) is 0 Å². The highest BCUT2D eigenvalue weighted by molar-refractivity contribution is 9.10. The Balaban J connectivity index is 1.54. The van der Waals surface area contributed by atoms with Crippen molar-refractivity contribution >= 4 is 37.4 Å². The molecule has 2 atom stereocenters. The maximum absolute atomic E-state index is 13.0. The number of anilines is 1. The van der Waals surface area contributed by atoms with Gasteiger partial charge in [0.2, 0.25) is 5.91 Å². The number of rotatable bonds is 5. The van der Waals surface area contributed by atoms with Gasteiger partial charge in [-0.15, -0.1) is 0 Å². The topological polar surface area (TPSA) is 66.9 Å². The third kappa shape index (κ3) is 4.34. The van der Waals surface area contributed by atoms with E-state index in [9.17, 15) is 13.2 Å². The van der Waals surface area contributed by atoms with Crippen LogP contribution in [0.5, 0.6) is 5.75 Å². The summed E-state index contributed by atoms with van der Waals surface area (Å²) in [6.45, 7) is 0.867. The van der Waals surface area contributed by atoms with Gasteiger partial charge < -0.3 is 9.64 Å². The first kappa shape index (κ1) is 20.4. The predicted molar refractivity (Wildman–Crippen MR) is 116 cm³/mol. The fourth-order valence-corrected chi connectivity index (χ4v) is 6.45. The Morgan fingerprint density at radius 2 is 1.69 bits per heavy atom. The van der Waals surface area contributed by atoms with E-state index in [1.807, 2.05) is 53.4 Å². The molecule has 0 bridgehead atoms. The number of carbonyl (C=O) groups excluding carboxylic acids is 1. The molecule has 29 heavy (non-hydrogen) atoms. The number of sulfone groups is 1. The lowest BCUT2D eigenvalue weighted by atomic mass is 10.0. The number of fused-ring (bicyclic) bond motifs is 1. The Labute approximate surface area is 179 Å². The maximum Gasteiger partial charge on any atom is 0.241 e. The van der Waals surface area contributed by atoms with Crippen molar-refractivity contribution in [2.45, 2.75) is 18.5 Å². The molecule has 0 aliphatic carbocycles. The van der Waals surface area contributed by atoms with Crippen molar-refractivity contribution < 1.29 is 17.9 Å². The first-order chi connectivity index (χ1) is 13.9. The van der Waals surface area contributed by atoms with Gasteiger partial charge in [0.15, 0.2) is 9.84 Å². The molecular formula is C21H23BrN2O4S. The molecule has 2 saturated heterocycles. The summed E-state index contributed by atoms with van der Waals surface area (Å²) in [6, 6.07) is 14.8. The van der Waals surface area contributed by atoms with Gasteiger partial charge in [-0.05, 0) is 48.4 Å². The molecule has 2 aliphatic heterocycles. The van der Waals surface area contributed by atoms with Crippen molar-refractivity contribution in [3.05, 3.63) is 58.6 Å². The van der Waals surface area contributed by atoms with E-state index in [1.165, 1.54) is 0 Å². The van der Waals surface area contributed by atoms with Crippen molar-refractivity contribution in [1.82, 2.24) is 4.90 Å². The maximum atomic E-state index is 13.0. The zero-order chi connectivity index (χ0) is 20.6. The fourth-order valence-electron chi connectivity index (χ4n) is 4.20. The van der Waals surface area contributed by atoms with E-state index >= 15 is 0 Å². The van der Waals surface area contributed by atoms with Crippen LogP contribution in [0.15, 0.2) is 53.0 Å². The number of piperazine rings is 1. The number of hydrogen-bond donors (Lipinski definition) is 0. The first-order valence-corrected chi connectivity index (χ1v) is 12.1. The van der Waals surface area contributed by atoms with Gasteiger partial charge in [0.1, 0.15) is 5.75 Å². The van der Waals surface area contributed by atoms with Crippen LogP contribution in [0.25, 0.3) is 0 Å². The average molecular weight is 479 g/mol. The molecule has 0 N–H and O–H groups in total. The SMILES string of the molecule is COc1ccc(CCN2CC(=O)N(c3ccc(Br)cc3)[C@@H]3CS(=O)(=O)C[C@H]32)cc1. The molecule has 0 saturated carbocycles. The van der Waals surface area contributed by atoms with E-state index in [-0.39, 0.29) is 36.0 Å². The normalized spacial score (nSPS) is 23.8. The molecule has 0 radical (unpaired) electrons. The minimum absolute atomic E-state index is 0.0124. The van der Waals surface area contributed by atoms with Gasteiger partial charge in [0.05, 0.1) is 31.2 Å². The Morgan fingerprint density at radius 1 is 1.03 bits per heavy atom. The highest BCUT2D eigenvalue weighted by Crippen LogP contribution is 2.32. The lowest BCUT2D eigenvalue weighted by molar-refractivity contribution is -0.123. The average Bonchev–Trinajstić information content (AvgIpc) is 3.02. The molecular weight excluding hydrogens is 456 g/mol. The Morgan fingerprint density at radius 3 is 2.34 bits per heavy atom. The van der Waals surface area contributed by atoms with Crippen molar-refractivity contribution in [2.24, 2.45) is 0 Å². The van der Waals surface area contributed by atoms with Crippen LogP contribution in [-0.2, 0) is 21.1 Å². The van der Waals surface area contributed by atoms with Crippen LogP contribution in [0.4, 0.5) is 5.69 Å². The minimum Gasteiger partial charge on any atom is -0.497 e. The van der Waals surface area contributed by atoms with E-state index in [2.05, 4.69) is 15.9 Å². The number of hydrogen-bond acceptors (Lipinski definition) is 5. The fraction of sp³-hybridized carbons (Fsp3) is 0.381. The van der Waals surface area contributed by atoms with E-state index in [4.69, 9.17) is 4.74 Å². The van der Waals surface area contributed by atoms with Gasteiger partial charge in [0, 0.05) is 22.7 Å². The molecule has 0 unspecified atom stereocenters. The molecule has 154 valence electrons. The van der Waals surface area contributed by atoms with Gasteiger partial charge in [-0.2, -0.15) is 0 Å². The van der Waals surface area contributed by atoms with Crippen molar-refractivity contribution in [1.29, 1.82) is 0 Å². The monoisotopic (exact) mass is 478 g/mol. The quantitative estimate of drug-likeness (QED) is 0.660. The predicted octanol–water partition coefficient (Wildman–Crippen LogP) is 2.51. The number of benzene rings is 2. The summed E-state index contributed by atoms with van der Waals surface area (Å²) in [5, 5.41) is 0. The minimum atomic E-state index is -3.19. The largest absolute Gasteiger partial charge is 0.497 e. The number of nitrogens with zero attached hydrogens (tertiary/aromatic N) is 2. The molecule has 2 aromatic rings. The standard InChI is InChI=1S/C21H23BrN2O4S/c1-28-18-8-2-15(3-9-18)10-11-23-12-21(25)24(17-6-4-16(22)5-7-17)20-14-29(26,27)13-19(20)23/h2-9,19-20H,10-14H2,1H3/t19-,20-/m1/s1. The molecule has 1 amide bonds. The summed E-state index contributed by atoms with van der Waals surface area (Å²) in [6.07, 6.45) is 0.749. The lowest BCUT2D eigenvalue weighted by Crippen LogP contribution is -2.62. The molecule has 8 heteroatoms. The van der Waals surface area contributed by atoms with Gasteiger partial charge in [-0.25, -0.2) is 8.42 Å². The molecule has 4 rings (SSSR count). The smallest absolute Gasteiger partial charge is 0.241 e. The lowest BCUT2D eigenvalue weighted by Gasteiger charge is -2.43. The number of ether oxygens (including phenoxy) is 1. The molecule has 2 heterocycles. The molecule has 6 nitrogen and oxygen atoms in total. The number of amides is 1. The Hall–Kier alpha value is -1.90. The summed E-state index contributed by atoms with van der Waals surface area (Å²) < 4.78 is 31.0. The number of methoxy groups -OCH3 is 1. The molecule has 0 spiro atoms. The van der Waals surface area contributed by atoms with Crippen LogP contribution in [0.2, 0.25) is 0 Å². The van der Waals surface area contributed by atoms with Crippen molar-refractivity contribution in [2.75, 3.05) is 36.6 Å². The van der Waals surface area contributed by atoms with E-state index in [0.717, 1.165) is 27.9 Å². The first-order valence-electron chi connectivity index (χ1n) is 9.51. The van der Waals surface area contributed by atoms with Crippen LogP contribution in [0.3, 0.4) is 0 Å². The van der Waals surface area contributed by atoms with Crippen LogP contribution in [0.1, 0.15) is 5.56 Å². The summed E-state index contributed by atoms with van der Waals surface area (Å²) >= 11 is 3.40. The summed E-state index contributed by atoms with van der Waals surface area (Å²) in [7, 11) is -1.56. The van der Waals surface area contributed by atoms with Gasteiger partial charge in [0.25, 0.3) is 0 Å². The molecule has 2 aromatic carbocycles. The highest BCUT2D eigenvalue weighted by Gasteiger charge is 2.49. The summed E-state index contributed by atoms with van der Waals surface area (Å²) in [5.41, 5.74) is 1.88. The Kier molecular flexibility index (Phi) is 5.68. The van der Waals surface area contributed by atoms with Crippen LogP contribution in [-0.4, -0.2) is 63.0 Å². The second-order valence-corrected chi connectivity index (χ2v) is 10.6. The molecule has 2 fully saturated rings. The highest BCUT2D eigenvalue weighted by atomic mass is 79.9. The van der Waals surface area contributed by atoms with E-state index in [0.29, 0.717) is 6.54 Å². The van der Waals surface area contributed by atoms with Gasteiger partial charge in [-0.3, -0.25) is 9.69 Å². The molecule has 0 aromatic heterocycles. The second-order valence-electron chi connectivity index (χ2n) is 7.52. The van der Waals surface area contributed by atoms with E-state index in [1.54, 1.807) is 12.0 Å². The van der Waals surface area contributed by atoms with Crippen molar-refractivity contribution in [3.63, 3.8) is 0 Å². The molecule has 2 aliphatic rings.